The van der Waals surface area contributed by atoms with Crippen molar-refractivity contribution in [3.63, 3.8) is 0 Å². The van der Waals surface area contributed by atoms with Crippen molar-refractivity contribution in [3.8, 4) is 0 Å². The van der Waals surface area contributed by atoms with Gasteiger partial charge in [-0.15, -0.1) is 5.10 Å². The van der Waals surface area contributed by atoms with Gasteiger partial charge in [0.1, 0.15) is 18.1 Å². The fourth-order valence-electron chi connectivity index (χ4n) is 2.73. The molecule has 0 saturated carbocycles. The maximum Gasteiger partial charge on any atom is 0.218 e. The molecule has 11 heteroatoms. The van der Waals surface area contributed by atoms with Crippen molar-refractivity contribution in [3.05, 3.63) is 59.9 Å². The Kier molecular flexibility index (Phi) is 4.24. The van der Waals surface area contributed by atoms with E-state index in [9.17, 15) is 12.8 Å². The molecule has 3 aromatic rings. The van der Waals surface area contributed by atoms with Crippen LogP contribution in [0.4, 0.5) is 4.39 Å². The van der Waals surface area contributed by atoms with Gasteiger partial charge in [-0.3, -0.25) is 0 Å². The highest BCUT2D eigenvalue weighted by Crippen LogP contribution is 2.25. The lowest BCUT2D eigenvalue weighted by Gasteiger charge is -2.37. The highest BCUT2D eigenvalue weighted by atomic mass is 32.2. The summed E-state index contributed by atoms with van der Waals surface area (Å²) in [5, 5.41) is 16.1. The first-order chi connectivity index (χ1) is 12.5. The third-order valence-electron chi connectivity index (χ3n) is 4.19. The highest BCUT2D eigenvalue weighted by Gasteiger charge is 2.37. The van der Waals surface area contributed by atoms with Crippen molar-refractivity contribution in [1.29, 1.82) is 0 Å². The van der Waals surface area contributed by atoms with Gasteiger partial charge < -0.3 is 0 Å². The average molecular weight is 377 g/mol. The van der Waals surface area contributed by atoms with Gasteiger partial charge in [0.25, 0.3) is 0 Å². The van der Waals surface area contributed by atoms with Crippen molar-refractivity contribution in [2.45, 2.75) is 18.3 Å². The van der Waals surface area contributed by atoms with Gasteiger partial charge in [0.2, 0.25) is 10.0 Å². The van der Waals surface area contributed by atoms with E-state index in [1.807, 2.05) is 0 Å². The Labute approximate surface area is 149 Å². The molecule has 1 aromatic carbocycles. The Morgan fingerprint density at radius 2 is 1.81 bits per heavy atom. The smallest absolute Gasteiger partial charge is 0.218 e. The lowest BCUT2D eigenvalue weighted by Crippen LogP contribution is -2.51. The molecule has 0 radical (unpaired) electrons. The zero-order valence-corrected chi connectivity index (χ0v) is 14.5. The number of rotatable bonds is 6. The molecule has 1 fully saturated rings. The molecule has 0 spiro atoms. The molecule has 1 aliphatic heterocycles. The molecule has 0 bridgehead atoms. The van der Waals surface area contributed by atoms with Crippen molar-refractivity contribution in [2.75, 3.05) is 13.1 Å². The first kappa shape index (κ1) is 16.8. The Hall–Kier alpha value is -2.66. The van der Waals surface area contributed by atoms with Crippen LogP contribution in [-0.2, 0) is 22.3 Å². The lowest BCUT2D eigenvalue weighted by molar-refractivity contribution is 0.188. The topological polar surface area (TPSA) is 98.8 Å². The average Bonchev–Trinajstić information content (AvgIpc) is 3.20. The minimum Gasteiger partial charge on any atom is -0.246 e. The maximum absolute atomic E-state index is 12.9. The van der Waals surface area contributed by atoms with Crippen LogP contribution in [0.5, 0.6) is 0 Å². The second-order valence-corrected chi connectivity index (χ2v) is 8.07. The van der Waals surface area contributed by atoms with E-state index in [1.54, 1.807) is 23.3 Å². The number of hydrogen-bond acceptors (Lipinski definition) is 6. The summed E-state index contributed by atoms with van der Waals surface area (Å²) in [6, 6.07) is 5.43. The Morgan fingerprint density at radius 3 is 2.50 bits per heavy atom. The van der Waals surface area contributed by atoms with Crippen LogP contribution in [-0.4, -0.2) is 55.8 Å². The minimum atomic E-state index is -3.44. The van der Waals surface area contributed by atoms with E-state index in [0.717, 1.165) is 0 Å². The van der Waals surface area contributed by atoms with Crippen LogP contribution in [0.3, 0.4) is 0 Å². The van der Waals surface area contributed by atoms with E-state index in [4.69, 9.17) is 0 Å². The van der Waals surface area contributed by atoms with Gasteiger partial charge >= 0.3 is 0 Å². The van der Waals surface area contributed by atoms with Crippen molar-refractivity contribution < 1.29 is 12.8 Å². The van der Waals surface area contributed by atoms with Crippen molar-refractivity contribution >= 4 is 10.0 Å². The zero-order valence-electron chi connectivity index (χ0n) is 13.7. The predicted molar refractivity (Wildman–Crippen MR) is 88.8 cm³/mol. The zero-order chi connectivity index (χ0) is 18.1. The molecule has 0 unspecified atom stereocenters. The summed E-state index contributed by atoms with van der Waals surface area (Å²) in [7, 11) is -3.44. The quantitative estimate of drug-likeness (QED) is 0.618. The summed E-state index contributed by atoms with van der Waals surface area (Å²) in [5.41, 5.74) is 1.26. The molecule has 136 valence electrons. The van der Waals surface area contributed by atoms with E-state index in [-0.39, 0.29) is 17.6 Å². The predicted octanol–water partition coefficient (Wildman–Crippen LogP) is 0.444. The van der Waals surface area contributed by atoms with Crippen LogP contribution in [0.2, 0.25) is 0 Å². The van der Waals surface area contributed by atoms with Crippen LogP contribution < -0.4 is 0 Å². The standard InChI is InChI=1S/C15H16FN7O2S/c16-13-3-1-12(2-4-13)11-26(24,25)21-9-15(10-21)22-7-14(19-20-22)8-23-17-5-6-18-23/h1-7,15H,8-11H2. The molecule has 9 nitrogen and oxygen atoms in total. The van der Waals surface area contributed by atoms with E-state index in [1.165, 1.54) is 33.4 Å². The molecular formula is C15H16FN7O2S. The highest BCUT2D eigenvalue weighted by molar-refractivity contribution is 7.88. The molecule has 1 saturated heterocycles. The van der Waals surface area contributed by atoms with Gasteiger partial charge in [-0.1, -0.05) is 17.3 Å². The Bertz CT molecular complexity index is 979. The second-order valence-electron chi connectivity index (χ2n) is 6.10. The molecule has 0 aliphatic carbocycles. The molecule has 4 rings (SSSR count). The molecule has 26 heavy (non-hydrogen) atoms. The maximum atomic E-state index is 12.9. The first-order valence-corrected chi connectivity index (χ1v) is 9.57. The third kappa shape index (κ3) is 3.48. The van der Waals surface area contributed by atoms with E-state index in [2.05, 4.69) is 20.5 Å². The molecule has 0 atom stereocenters. The van der Waals surface area contributed by atoms with E-state index < -0.39 is 10.0 Å². The Morgan fingerprint density at radius 1 is 1.12 bits per heavy atom. The minimum absolute atomic E-state index is 0.0511. The second kappa shape index (κ2) is 6.57. The number of sulfonamides is 1. The van der Waals surface area contributed by atoms with Gasteiger partial charge in [-0.05, 0) is 17.7 Å². The fourth-order valence-corrected chi connectivity index (χ4v) is 4.32. The van der Waals surface area contributed by atoms with Gasteiger partial charge in [-0.25, -0.2) is 17.5 Å². The molecular weight excluding hydrogens is 361 g/mol. The summed E-state index contributed by atoms with van der Waals surface area (Å²) >= 11 is 0. The van der Waals surface area contributed by atoms with E-state index in [0.29, 0.717) is 30.9 Å². The number of benzene rings is 1. The van der Waals surface area contributed by atoms with Crippen molar-refractivity contribution in [1.82, 2.24) is 34.3 Å². The SMILES string of the molecule is O=S(=O)(Cc1ccc(F)cc1)N1CC(n2cc(Cn3nccn3)nn2)C1. The summed E-state index contributed by atoms with van der Waals surface area (Å²) in [6.07, 6.45) is 4.94. The molecule has 3 heterocycles. The van der Waals surface area contributed by atoms with Crippen LogP contribution in [0, 0.1) is 5.82 Å². The van der Waals surface area contributed by atoms with Gasteiger partial charge in [0, 0.05) is 13.1 Å². The largest absolute Gasteiger partial charge is 0.246 e. The van der Waals surface area contributed by atoms with Gasteiger partial charge in [0.15, 0.2) is 0 Å². The molecule has 0 N–H and O–H groups in total. The number of nitrogens with zero attached hydrogens (tertiary/aromatic N) is 7. The monoisotopic (exact) mass is 377 g/mol. The third-order valence-corrected chi connectivity index (χ3v) is 5.97. The number of halogens is 1. The van der Waals surface area contributed by atoms with Gasteiger partial charge in [-0.2, -0.15) is 19.3 Å². The first-order valence-electron chi connectivity index (χ1n) is 7.97. The van der Waals surface area contributed by atoms with E-state index >= 15 is 0 Å². The molecule has 0 amide bonds. The Balaban J connectivity index is 1.36. The summed E-state index contributed by atoms with van der Waals surface area (Å²) in [4.78, 5) is 1.49. The summed E-state index contributed by atoms with van der Waals surface area (Å²) in [6.45, 7) is 1.09. The normalized spacial score (nSPS) is 15.9. The van der Waals surface area contributed by atoms with Crippen molar-refractivity contribution in [2.24, 2.45) is 0 Å². The van der Waals surface area contributed by atoms with Gasteiger partial charge in [0.05, 0.1) is 30.4 Å². The summed E-state index contributed by atoms with van der Waals surface area (Å²) < 4.78 is 40.9. The van der Waals surface area contributed by atoms with Crippen LogP contribution in [0.25, 0.3) is 0 Å². The number of aromatic nitrogens is 6. The lowest BCUT2D eigenvalue weighted by atomic mass is 10.2. The number of hydrogen-bond donors (Lipinski definition) is 0. The van der Waals surface area contributed by atoms with Crippen LogP contribution in [0.1, 0.15) is 17.3 Å². The fraction of sp³-hybridized carbons (Fsp3) is 0.333. The van der Waals surface area contributed by atoms with Crippen LogP contribution >= 0.6 is 0 Å². The molecule has 1 aliphatic rings. The van der Waals surface area contributed by atoms with Crippen LogP contribution in [0.15, 0.2) is 42.9 Å². The molecule has 2 aromatic heterocycles. The summed E-state index contributed by atoms with van der Waals surface area (Å²) in [5.74, 6) is -0.532.